The molecule has 0 fully saturated rings. The van der Waals surface area contributed by atoms with E-state index in [9.17, 15) is 4.79 Å². The molecule has 2 rings (SSSR count). The number of esters is 1. The van der Waals surface area contributed by atoms with Gasteiger partial charge in [-0.15, -0.1) is 0 Å². The Morgan fingerprint density at radius 1 is 1.42 bits per heavy atom. The van der Waals surface area contributed by atoms with Crippen LogP contribution in [-0.2, 0) is 9.53 Å². The van der Waals surface area contributed by atoms with Gasteiger partial charge in [0.25, 0.3) is 0 Å². The number of nitrogens with zero attached hydrogens (tertiary/aromatic N) is 1. The van der Waals surface area contributed by atoms with Crippen molar-refractivity contribution >= 4 is 28.5 Å². The SMILES string of the molecule is C=C(Oc1ccnc2ccc(Cl)cc12)C(=O)OCC. The average Bonchev–Trinajstić information content (AvgIpc) is 2.39. The number of fused-ring (bicyclic) bond motifs is 1. The number of pyridine rings is 1. The Hall–Kier alpha value is -2.07. The van der Waals surface area contributed by atoms with Crippen molar-refractivity contribution in [3.05, 3.63) is 47.8 Å². The van der Waals surface area contributed by atoms with E-state index in [1.807, 2.05) is 0 Å². The third kappa shape index (κ3) is 3.03. The summed E-state index contributed by atoms with van der Waals surface area (Å²) in [6.07, 6.45) is 1.59. The monoisotopic (exact) mass is 277 g/mol. The Morgan fingerprint density at radius 3 is 2.95 bits per heavy atom. The minimum atomic E-state index is -0.588. The lowest BCUT2D eigenvalue weighted by atomic mass is 10.2. The fraction of sp³-hybridized carbons (Fsp3) is 0.143. The van der Waals surface area contributed by atoms with Crippen LogP contribution in [0.5, 0.6) is 5.75 Å². The smallest absolute Gasteiger partial charge is 0.373 e. The number of hydrogen-bond acceptors (Lipinski definition) is 4. The third-order valence-electron chi connectivity index (χ3n) is 2.40. The molecule has 0 aliphatic rings. The molecule has 1 aromatic carbocycles. The molecule has 1 aromatic heterocycles. The van der Waals surface area contributed by atoms with Gasteiger partial charge in [0.05, 0.1) is 12.1 Å². The zero-order valence-corrected chi connectivity index (χ0v) is 11.1. The largest absolute Gasteiger partial charge is 0.460 e. The van der Waals surface area contributed by atoms with Gasteiger partial charge in [-0.1, -0.05) is 11.6 Å². The van der Waals surface area contributed by atoms with E-state index in [0.717, 1.165) is 5.52 Å². The van der Waals surface area contributed by atoms with E-state index in [4.69, 9.17) is 21.1 Å². The lowest BCUT2D eigenvalue weighted by Gasteiger charge is -2.10. The molecule has 5 heteroatoms. The normalized spacial score (nSPS) is 10.2. The van der Waals surface area contributed by atoms with E-state index >= 15 is 0 Å². The molecule has 0 spiro atoms. The summed E-state index contributed by atoms with van der Waals surface area (Å²) in [5.41, 5.74) is 0.721. The molecular formula is C14H12ClNO3. The van der Waals surface area contributed by atoms with Crippen molar-refractivity contribution in [3.8, 4) is 5.75 Å². The maximum absolute atomic E-state index is 11.5. The Bertz CT molecular complexity index is 640. The van der Waals surface area contributed by atoms with Crippen LogP contribution in [0.2, 0.25) is 5.02 Å². The maximum atomic E-state index is 11.5. The van der Waals surface area contributed by atoms with E-state index in [1.54, 1.807) is 37.4 Å². The number of ether oxygens (including phenoxy) is 2. The van der Waals surface area contributed by atoms with Crippen molar-refractivity contribution in [1.82, 2.24) is 4.98 Å². The van der Waals surface area contributed by atoms with Crippen LogP contribution in [0.25, 0.3) is 10.9 Å². The van der Waals surface area contributed by atoms with E-state index in [2.05, 4.69) is 11.6 Å². The topological polar surface area (TPSA) is 48.4 Å². The first-order valence-corrected chi connectivity index (χ1v) is 6.07. The van der Waals surface area contributed by atoms with Gasteiger partial charge in [-0.3, -0.25) is 4.98 Å². The van der Waals surface area contributed by atoms with Crippen LogP contribution in [0.3, 0.4) is 0 Å². The van der Waals surface area contributed by atoms with Gasteiger partial charge >= 0.3 is 5.97 Å². The fourth-order valence-electron chi connectivity index (χ4n) is 1.57. The molecule has 0 amide bonds. The summed E-state index contributed by atoms with van der Waals surface area (Å²) in [6, 6.07) is 6.87. The molecular weight excluding hydrogens is 266 g/mol. The quantitative estimate of drug-likeness (QED) is 0.488. The highest BCUT2D eigenvalue weighted by molar-refractivity contribution is 6.31. The van der Waals surface area contributed by atoms with E-state index in [1.165, 1.54) is 0 Å². The molecule has 98 valence electrons. The average molecular weight is 278 g/mol. The summed E-state index contributed by atoms with van der Waals surface area (Å²) in [5, 5.41) is 1.27. The minimum Gasteiger partial charge on any atom is -0.460 e. The molecule has 0 N–H and O–H groups in total. The molecule has 4 nitrogen and oxygen atoms in total. The van der Waals surface area contributed by atoms with Crippen LogP contribution in [0.4, 0.5) is 0 Å². The molecule has 0 aliphatic heterocycles. The zero-order valence-electron chi connectivity index (χ0n) is 10.4. The first-order valence-electron chi connectivity index (χ1n) is 5.70. The summed E-state index contributed by atoms with van der Waals surface area (Å²) in [6.45, 7) is 5.53. The molecule has 19 heavy (non-hydrogen) atoms. The zero-order chi connectivity index (χ0) is 13.8. The number of carbonyl (C=O) groups is 1. The predicted octanol–water partition coefficient (Wildman–Crippen LogP) is 3.34. The van der Waals surface area contributed by atoms with Gasteiger partial charge in [0, 0.05) is 16.6 Å². The minimum absolute atomic E-state index is 0.0747. The van der Waals surface area contributed by atoms with Gasteiger partial charge in [-0.05, 0) is 37.8 Å². The summed E-state index contributed by atoms with van der Waals surface area (Å²) in [5.74, 6) is -0.200. The Balaban J connectivity index is 2.32. The Kier molecular flexibility index (Phi) is 4.02. The van der Waals surface area contributed by atoms with Crippen molar-refractivity contribution < 1.29 is 14.3 Å². The molecule has 0 bridgehead atoms. The fourth-order valence-corrected chi connectivity index (χ4v) is 1.74. The van der Waals surface area contributed by atoms with E-state index < -0.39 is 5.97 Å². The highest BCUT2D eigenvalue weighted by Gasteiger charge is 2.12. The van der Waals surface area contributed by atoms with Crippen LogP contribution in [-0.4, -0.2) is 17.6 Å². The highest BCUT2D eigenvalue weighted by Crippen LogP contribution is 2.27. The Morgan fingerprint density at radius 2 is 2.21 bits per heavy atom. The second kappa shape index (κ2) is 5.71. The van der Waals surface area contributed by atoms with Crippen molar-refractivity contribution in [2.24, 2.45) is 0 Å². The number of rotatable bonds is 4. The standard InChI is InChI=1S/C14H12ClNO3/c1-3-18-14(17)9(2)19-13-6-7-16-12-5-4-10(15)8-11(12)13/h4-8H,2-3H2,1H3. The van der Waals surface area contributed by atoms with Gasteiger partial charge in [0.15, 0.2) is 0 Å². The predicted molar refractivity (Wildman–Crippen MR) is 73.2 cm³/mol. The van der Waals surface area contributed by atoms with Crippen LogP contribution in [0.1, 0.15) is 6.92 Å². The molecule has 0 atom stereocenters. The molecule has 2 aromatic rings. The lowest BCUT2D eigenvalue weighted by molar-refractivity contribution is -0.140. The van der Waals surface area contributed by atoms with Crippen LogP contribution in [0, 0.1) is 0 Å². The van der Waals surface area contributed by atoms with Crippen LogP contribution in [0.15, 0.2) is 42.8 Å². The second-order valence-corrected chi connectivity index (χ2v) is 4.15. The van der Waals surface area contributed by atoms with Gasteiger partial charge in [-0.2, -0.15) is 0 Å². The van der Waals surface area contributed by atoms with Gasteiger partial charge in [-0.25, -0.2) is 4.79 Å². The van der Waals surface area contributed by atoms with Crippen LogP contribution < -0.4 is 4.74 Å². The number of aromatic nitrogens is 1. The lowest BCUT2D eigenvalue weighted by Crippen LogP contribution is -2.11. The molecule has 0 radical (unpaired) electrons. The van der Waals surface area contributed by atoms with Crippen molar-refractivity contribution in [3.63, 3.8) is 0 Å². The maximum Gasteiger partial charge on any atom is 0.373 e. The van der Waals surface area contributed by atoms with Crippen LogP contribution >= 0.6 is 11.6 Å². The van der Waals surface area contributed by atoms with Gasteiger partial charge in [0.1, 0.15) is 5.75 Å². The number of carbonyl (C=O) groups excluding carboxylic acids is 1. The van der Waals surface area contributed by atoms with E-state index in [0.29, 0.717) is 16.2 Å². The summed E-state index contributed by atoms with van der Waals surface area (Å²) in [7, 11) is 0. The van der Waals surface area contributed by atoms with E-state index in [-0.39, 0.29) is 12.4 Å². The number of halogens is 1. The summed E-state index contributed by atoms with van der Waals surface area (Å²) >= 11 is 5.94. The number of benzene rings is 1. The van der Waals surface area contributed by atoms with Gasteiger partial charge in [0.2, 0.25) is 5.76 Å². The van der Waals surface area contributed by atoms with Crippen molar-refractivity contribution in [1.29, 1.82) is 0 Å². The molecule has 1 heterocycles. The summed E-state index contributed by atoms with van der Waals surface area (Å²) < 4.78 is 10.2. The third-order valence-corrected chi connectivity index (χ3v) is 2.63. The first kappa shape index (κ1) is 13.4. The molecule has 0 saturated heterocycles. The van der Waals surface area contributed by atoms with Gasteiger partial charge < -0.3 is 9.47 Å². The Labute approximate surface area is 115 Å². The first-order chi connectivity index (χ1) is 9.11. The molecule has 0 saturated carbocycles. The second-order valence-electron chi connectivity index (χ2n) is 3.72. The highest BCUT2D eigenvalue weighted by atomic mass is 35.5. The summed E-state index contributed by atoms with van der Waals surface area (Å²) in [4.78, 5) is 15.6. The molecule has 0 aliphatic carbocycles. The van der Waals surface area contributed by atoms with Crippen molar-refractivity contribution in [2.75, 3.05) is 6.61 Å². The number of hydrogen-bond donors (Lipinski definition) is 0. The molecule has 0 unspecified atom stereocenters. The van der Waals surface area contributed by atoms with Crippen molar-refractivity contribution in [2.45, 2.75) is 6.92 Å².